The molecule has 1 heterocycles. The van der Waals surface area contributed by atoms with Gasteiger partial charge in [-0.1, -0.05) is 5.16 Å². The second-order valence-electron chi connectivity index (χ2n) is 4.04. The fraction of sp³-hybridized carbons (Fsp3) is 0.667. The van der Waals surface area contributed by atoms with E-state index in [0.717, 1.165) is 24.5 Å². The minimum absolute atomic E-state index is 0.121. The number of hydrogen-bond donors (Lipinski definition) is 1. The van der Waals surface area contributed by atoms with E-state index < -0.39 is 0 Å². The highest BCUT2D eigenvalue weighted by Gasteiger charge is 2.17. The Hall–Kier alpha value is -1.36. The third-order valence-electron chi connectivity index (χ3n) is 2.71. The molecule has 1 rings (SSSR count). The molecule has 0 aromatic carbocycles. The van der Waals surface area contributed by atoms with Gasteiger partial charge in [0.1, 0.15) is 5.76 Å². The lowest BCUT2D eigenvalue weighted by Crippen LogP contribution is -2.44. The Balaban J connectivity index is 2.43. The van der Waals surface area contributed by atoms with Gasteiger partial charge in [-0.05, 0) is 27.7 Å². The average molecular weight is 239 g/mol. The van der Waals surface area contributed by atoms with E-state index in [4.69, 9.17) is 4.52 Å². The predicted molar refractivity (Wildman–Crippen MR) is 65.5 cm³/mol. The van der Waals surface area contributed by atoms with Gasteiger partial charge in [0.15, 0.2) is 0 Å². The molecule has 96 valence electrons. The first-order valence-corrected chi connectivity index (χ1v) is 6.02. The second-order valence-corrected chi connectivity index (χ2v) is 4.04. The molecule has 0 aliphatic carbocycles. The molecular weight excluding hydrogens is 218 g/mol. The molecule has 5 heteroatoms. The van der Waals surface area contributed by atoms with Crippen LogP contribution in [0.3, 0.4) is 0 Å². The van der Waals surface area contributed by atoms with Gasteiger partial charge in [0.25, 0.3) is 0 Å². The monoisotopic (exact) mass is 239 g/mol. The van der Waals surface area contributed by atoms with E-state index in [0.29, 0.717) is 6.54 Å². The molecule has 0 saturated heterocycles. The Morgan fingerprint density at radius 3 is 2.65 bits per heavy atom. The smallest absolute Gasteiger partial charge is 0.239 e. The summed E-state index contributed by atoms with van der Waals surface area (Å²) in [7, 11) is 0. The van der Waals surface area contributed by atoms with Crippen molar-refractivity contribution >= 4 is 5.91 Å². The van der Waals surface area contributed by atoms with Crippen molar-refractivity contribution in [3.63, 3.8) is 0 Å². The van der Waals surface area contributed by atoms with Crippen LogP contribution in [0.2, 0.25) is 0 Å². The number of carbonyl (C=O) groups excluding carboxylic acids is 1. The summed E-state index contributed by atoms with van der Waals surface area (Å²) in [5, 5.41) is 7.02. The zero-order valence-electron chi connectivity index (χ0n) is 11.0. The fourth-order valence-corrected chi connectivity index (χ4v) is 1.66. The minimum atomic E-state index is -0.202. The number of hydrogen-bond acceptors (Lipinski definition) is 4. The lowest BCUT2D eigenvalue weighted by molar-refractivity contribution is -0.132. The highest BCUT2D eigenvalue weighted by Crippen LogP contribution is 2.02. The number of nitrogens with zero attached hydrogens (tertiary/aromatic N) is 2. The topological polar surface area (TPSA) is 58.4 Å². The highest BCUT2D eigenvalue weighted by atomic mass is 16.5. The maximum atomic E-state index is 12.0. The summed E-state index contributed by atoms with van der Waals surface area (Å²) in [4.78, 5) is 13.8. The van der Waals surface area contributed by atoms with E-state index in [9.17, 15) is 4.79 Å². The van der Waals surface area contributed by atoms with Crippen LogP contribution in [-0.2, 0) is 11.3 Å². The molecule has 0 aliphatic rings. The van der Waals surface area contributed by atoms with E-state index >= 15 is 0 Å². The van der Waals surface area contributed by atoms with Crippen LogP contribution in [0.5, 0.6) is 0 Å². The van der Waals surface area contributed by atoms with Gasteiger partial charge in [-0.15, -0.1) is 0 Å². The summed E-state index contributed by atoms with van der Waals surface area (Å²) in [5.74, 6) is 0.903. The summed E-state index contributed by atoms with van der Waals surface area (Å²) in [5.41, 5.74) is 0.821. The molecule has 0 bridgehead atoms. The summed E-state index contributed by atoms with van der Waals surface area (Å²) in [6.07, 6.45) is 0. The number of likely N-dealkylation sites (N-methyl/N-ethyl adjacent to an activating group) is 1. The first kappa shape index (κ1) is 13.7. The second kappa shape index (κ2) is 6.39. The van der Waals surface area contributed by atoms with Gasteiger partial charge < -0.3 is 14.7 Å². The maximum Gasteiger partial charge on any atom is 0.239 e. The van der Waals surface area contributed by atoms with Gasteiger partial charge in [0.2, 0.25) is 5.91 Å². The molecule has 1 unspecified atom stereocenters. The molecule has 0 spiro atoms. The number of rotatable bonds is 6. The molecule has 1 N–H and O–H groups in total. The molecule has 0 aliphatic heterocycles. The number of carbonyl (C=O) groups is 1. The van der Waals surface area contributed by atoms with Crippen LogP contribution < -0.4 is 5.32 Å². The first-order chi connectivity index (χ1) is 8.08. The molecular formula is C12H21N3O2. The maximum absolute atomic E-state index is 12.0. The van der Waals surface area contributed by atoms with E-state index in [-0.39, 0.29) is 11.9 Å². The number of aromatic nitrogens is 1. The van der Waals surface area contributed by atoms with E-state index in [1.807, 2.05) is 38.7 Å². The minimum Gasteiger partial charge on any atom is -0.361 e. The molecule has 1 aromatic heterocycles. The quantitative estimate of drug-likeness (QED) is 0.813. The third-order valence-corrected chi connectivity index (χ3v) is 2.71. The van der Waals surface area contributed by atoms with Crippen LogP contribution in [0.15, 0.2) is 10.6 Å². The van der Waals surface area contributed by atoms with Crippen molar-refractivity contribution in [2.24, 2.45) is 0 Å². The first-order valence-electron chi connectivity index (χ1n) is 6.02. The molecule has 0 saturated carbocycles. The number of nitrogens with one attached hydrogen (secondary N) is 1. The molecule has 0 radical (unpaired) electrons. The summed E-state index contributed by atoms with van der Waals surface area (Å²) in [6.45, 7) is 9.71. The molecule has 17 heavy (non-hydrogen) atoms. The average Bonchev–Trinajstić information content (AvgIpc) is 2.73. The van der Waals surface area contributed by atoms with Crippen molar-refractivity contribution in [1.82, 2.24) is 15.4 Å². The Bertz CT molecular complexity index is 358. The Morgan fingerprint density at radius 1 is 1.53 bits per heavy atom. The van der Waals surface area contributed by atoms with Crippen LogP contribution >= 0.6 is 0 Å². The number of amides is 1. The van der Waals surface area contributed by atoms with Gasteiger partial charge in [-0.3, -0.25) is 4.79 Å². The summed E-state index contributed by atoms with van der Waals surface area (Å²) in [6, 6.07) is 1.66. The van der Waals surface area contributed by atoms with Crippen molar-refractivity contribution in [3.05, 3.63) is 17.5 Å². The van der Waals surface area contributed by atoms with Crippen LogP contribution in [-0.4, -0.2) is 35.1 Å². The van der Waals surface area contributed by atoms with Gasteiger partial charge in [-0.25, -0.2) is 0 Å². The highest BCUT2D eigenvalue weighted by molar-refractivity contribution is 5.81. The van der Waals surface area contributed by atoms with Crippen molar-refractivity contribution < 1.29 is 9.32 Å². The van der Waals surface area contributed by atoms with Crippen molar-refractivity contribution in [1.29, 1.82) is 0 Å². The van der Waals surface area contributed by atoms with Gasteiger partial charge >= 0.3 is 0 Å². The largest absolute Gasteiger partial charge is 0.361 e. The third kappa shape index (κ3) is 3.85. The summed E-state index contributed by atoms with van der Waals surface area (Å²) >= 11 is 0. The fourth-order valence-electron chi connectivity index (χ4n) is 1.66. The molecule has 0 fully saturated rings. The van der Waals surface area contributed by atoms with Crippen molar-refractivity contribution in [2.75, 3.05) is 13.1 Å². The van der Waals surface area contributed by atoms with E-state index in [2.05, 4.69) is 10.5 Å². The van der Waals surface area contributed by atoms with Gasteiger partial charge in [0, 0.05) is 25.7 Å². The van der Waals surface area contributed by atoms with Crippen LogP contribution in [0.1, 0.15) is 32.2 Å². The predicted octanol–water partition coefficient (Wildman–Crippen LogP) is 1.33. The molecule has 5 nitrogen and oxygen atoms in total. The van der Waals surface area contributed by atoms with Crippen LogP contribution in [0.25, 0.3) is 0 Å². The lowest BCUT2D eigenvalue weighted by Gasteiger charge is -2.23. The lowest BCUT2D eigenvalue weighted by atomic mass is 10.2. The van der Waals surface area contributed by atoms with Gasteiger partial charge in [-0.2, -0.15) is 0 Å². The standard InChI is InChI=1S/C12H21N3O2/c1-5-15(6-2)12(16)10(4)13-8-11-7-9(3)17-14-11/h7,10,13H,5-6,8H2,1-4H3. The van der Waals surface area contributed by atoms with Crippen LogP contribution in [0.4, 0.5) is 0 Å². The SMILES string of the molecule is CCN(CC)C(=O)C(C)NCc1cc(C)on1. The molecule has 1 amide bonds. The Morgan fingerprint density at radius 2 is 2.18 bits per heavy atom. The Labute approximate surface area is 102 Å². The zero-order valence-corrected chi connectivity index (χ0v) is 11.0. The normalized spacial score (nSPS) is 12.5. The van der Waals surface area contributed by atoms with E-state index in [1.165, 1.54) is 0 Å². The number of aryl methyl sites for hydroxylation is 1. The molecule has 1 atom stereocenters. The molecule has 1 aromatic rings. The van der Waals surface area contributed by atoms with Crippen molar-refractivity contribution in [3.8, 4) is 0 Å². The summed E-state index contributed by atoms with van der Waals surface area (Å²) < 4.78 is 4.96. The van der Waals surface area contributed by atoms with Gasteiger partial charge in [0.05, 0.1) is 11.7 Å². The Kier molecular flexibility index (Phi) is 5.15. The van der Waals surface area contributed by atoms with Crippen molar-refractivity contribution in [2.45, 2.75) is 40.3 Å². The van der Waals surface area contributed by atoms with Crippen LogP contribution in [0, 0.1) is 6.92 Å². The van der Waals surface area contributed by atoms with E-state index in [1.54, 1.807) is 0 Å². The zero-order chi connectivity index (χ0) is 12.8.